The van der Waals surface area contributed by atoms with E-state index in [1.807, 2.05) is 30.3 Å². The molecule has 0 saturated carbocycles. The first-order valence-corrected chi connectivity index (χ1v) is 11.9. The Kier molecular flexibility index (Phi) is 7.77. The van der Waals surface area contributed by atoms with Crippen molar-refractivity contribution in [2.75, 3.05) is 18.9 Å². The van der Waals surface area contributed by atoms with Crippen LogP contribution in [0, 0.1) is 5.41 Å². The number of fused-ring (bicyclic) bond motifs is 1. The molecule has 3 aromatic carbocycles. The van der Waals surface area contributed by atoms with Crippen LogP contribution in [0.25, 0.3) is 0 Å². The molecule has 0 atom stereocenters. The molecular weight excluding hydrogens is 452 g/mol. The fourth-order valence-electron chi connectivity index (χ4n) is 4.16. The van der Waals surface area contributed by atoms with Crippen LogP contribution in [0.1, 0.15) is 49.9 Å². The molecule has 0 aliphatic carbocycles. The first-order chi connectivity index (χ1) is 17.3. The Labute approximate surface area is 211 Å². The van der Waals surface area contributed by atoms with E-state index in [0.29, 0.717) is 24.2 Å². The van der Waals surface area contributed by atoms with Crippen LogP contribution in [0.2, 0.25) is 0 Å². The van der Waals surface area contributed by atoms with Gasteiger partial charge in [-0.25, -0.2) is 5.84 Å². The number of hydrogen-bond donors (Lipinski definition) is 4. The van der Waals surface area contributed by atoms with E-state index in [4.69, 9.17) is 11.3 Å². The lowest BCUT2D eigenvalue weighted by molar-refractivity contribution is 0.0950. The van der Waals surface area contributed by atoms with Gasteiger partial charge >= 0.3 is 0 Å². The van der Waals surface area contributed by atoms with Gasteiger partial charge in [0.2, 0.25) is 0 Å². The number of amidine groups is 1. The van der Waals surface area contributed by atoms with Crippen molar-refractivity contribution >= 4 is 23.3 Å². The van der Waals surface area contributed by atoms with Crippen molar-refractivity contribution in [2.24, 2.45) is 5.84 Å². The number of nitrogens with two attached hydrogens (primary N) is 1. The number of anilines is 1. The summed E-state index contributed by atoms with van der Waals surface area (Å²) in [5.74, 6) is 5.64. The Bertz CT molecular complexity index is 1270. The number of carbonyl (C=O) groups excluding carboxylic acids is 2. The van der Waals surface area contributed by atoms with Gasteiger partial charge in [-0.2, -0.15) is 0 Å². The van der Waals surface area contributed by atoms with Crippen LogP contribution >= 0.6 is 0 Å². The highest BCUT2D eigenvalue weighted by Gasteiger charge is 2.15. The third-order valence-electron chi connectivity index (χ3n) is 6.31. The van der Waals surface area contributed by atoms with E-state index in [0.717, 1.165) is 36.3 Å². The summed E-state index contributed by atoms with van der Waals surface area (Å²) >= 11 is 0. The number of likely N-dealkylation sites (N-methyl/N-ethyl adjacent to an activating group) is 1. The smallest absolute Gasteiger partial charge is 0.255 e. The zero-order chi connectivity index (χ0) is 25.7. The molecule has 1 aliphatic rings. The highest BCUT2D eigenvalue weighted by Crippen LogP contribution is 2.22. The van der Waals surface area contributed by atoms with Gasteiger partial charge in [0.15, 0.2) is 0 Å². The number of benzene rings is 3. The average molecular weight is 485 g/mol. The lowest BCUT2D eigenvalue weighted by Gasteiger charge is -2.25. The summed E-state index contributed by atoms with van der Waals surface area (Å²) in [5, 5.41) is 14.8. The Morgan fingerprint density at radius 1 is 0.972 bits per heavy atom. The fraction of sp³-hybridized carbons (Fsp3) is 0.250. The molecular formula is C28H32N6O2. The van der Waals surface area contributed by atoms with E-state index >= 15 is 0 Å². The van der Waals surface area contributed by atoms with Crippen LogP contribution in [0.15, 0.2) is 66.7 Å². The molecule has 0 unspecified atom stereocenters. The number of amides is 2. The van der Waals surface area contributed by atoms with Crippen LogP contribution in [0.4, 0.5) is 5.69 Å². The lowest BCUT2D eigenvalue weighted by atomic mass is 9.99. The van der Waals surface area contributed by atoms with Gasteiger partial charge in [0.05, 0.1) is 6.54 Å². The summed E-state index contributed by atoms with van der Waals surface area (Å²) in [6, 6.07) is 20.5. The van der Waals surface area contributed by atoms with E-state index in [1.165, 1.54) is 16.1 Å². The van der Waals surface area contributed by atoms with E-state index in [2.05, 4.69) is 34.7 Å². The zero-order valence-corrected chi connectivity index (χ0v) is 20.7. The van der Waals surface area contributed by atoms with Crippen molar-refractivity contribution in [3.63, 3.8) is 0 Å². The minimum absolute atomic E-state index is 0.183. The van der Waals surface area contributed by atoms with Gasteiger partial charge in [-0.05, 0) is 79.0 Å². The minimum Gasteiger partial charge on any atom is -0.348 e. The van der Waals surface area contributed by atoms with Gasteiger partial charge in [0.1, 0.15) is 5.84 Å². The molecule has 0 fully saturated rings. The standard InChI is InChI=1S/C28H32N6O2/c1-19(29)34(30)17-20-6-8-23(9-7-20)27(35)31-16-21-4-3-5-24(14-21)28(36)32-26-11-10-22-12-13-33(2)18-25(22)15-26/h3-11,14-15,29H,12-13,16-18,30H2,1-2H3,(H,31,35)(H,32,36). The largest absolute Gasteiger partial charge is 0.348 e. The van der Waals surface area contributed by atoms with Crippen LogP contribution in [0.3, 0.4) is 0 Å². The van der Waals surface area contributed by atoms with E-state index < -0.39 is 0 Å². The van der Waals surface area contributed by atoms with Gasteiger partial charge in [0.25, 0.3) is 11.8 Å². The number of hydrazine groups is 1. The van der Waals surface area contributed by atoms with Crippen molar-refractivity contribution < 1.29 is 9.59 Å². The molecule has 3 aromatic rings. The number of nitrogens with one attached hydrogen (secondary N) is 3. The normalized spacial score (nSPS) is 13.0. The summed E-state index contributed by atoms with van der Waals surface area (Å²) in [6.07, 6.45) is 1.02. The second kappa shape index (κ2) is 11.2. The topological polar surface area (TPSA) is 115 Å². The van der Waals surface area contributed by atoms with Crippen molar-refractivity contribution in [1.82, 2.24) is 15.2 Å². The van der Waals surface area contributed by atoms with Gasteiger partial charge in [-0.15, -0.1) is 0 Å². The number of nitrogens with zero attached hydrogens (tertiary/aromatic N) is 2. The molecule has 1 aliphatic heterocycles. The Hall–Kier alpha value is -4.01. The first-order valence-electron chi connectivity index (χ1n) is 11.9. The summed E-state index contributed by atoms with van der Waals surface area (Å²) in [6.45, 7) is 4.25. The minimum atomic E-state index is -0.205. The monoisotopic (exact) mass is 484 g/mol. The molecule has 2 amide bonds. The Balaban J connectivity index is 1.34. The van der Waals surface area contributed by atoms with Crippen molar-refractivity contribution in [1.29, 1.82) is 5.41 Å². The molecule has 8 nitrogen and oxygen atoms in total. The molecule has 4 rings (SSSR count). The third-order valence-corrected chi connectivity index (χ3v) is 6.31. The van der Waals surface area contributed by atoms with Crippen LogP contribution < -0.4 is 16.5 Å². The Morgan fingerprint density at radius 3 is 2.50 bits per heavy atom. The molecule has 186 valence electrons. The summed E-state index contributed by atoms with van der Waals surface area (Å²) < 4.78 is 0. The van der Waals surface area contributed by atoms with Gasteiger partial charge in [-0.1, -0.05) is 30.3 Å². The quantitative estimate of drug-likeness (QED) is 0.177. The van der Waals surface area contributed by atoms with Crippen molar-refractivity contribution in [3.8, 4) is 0 Å². The van der Waals surface area contributed by atoms with Gasteiger partial charge in [-0.3, -0.25) is 20.0 Å². The maximum absolute atomic E-state index is 12.9. The predicted molar refractivity (Wildman–Crippen MR) is 142 cm³/mol. The molecule has 8 heteroatoms. The summed E-state index contributed by atoms with van der Waals surface area (Å²) in [5.41, 5.74) is 6.17. The van der Waals surface area contributed by atoms with E-state index in [1.54, 1.807) is 31.2 Å². The van der Waals surface area contributed by atoms with Crippen LogP contribution in [-0.2, 0) is 26.1 Å². The summed E-state index contributed by atoms with van der Waals surface area (Å²) in [4.78, 5) is 27.7. The second-order valence-corrected chi connectivity index (χ2v) is 9.22. The highest BCUT2D eigenvalue weighted by molar-refractivity contribution is 6.04. The average Bonchev–Trinajstić information content (AvgIpc) is 2.87. The fourth-order valence-corrected chi connectivity index (χ4v) is 4.16. The van der Waals surface area contributed by atoms with Crippen LogP contribution in [-0.4, -0.2) is 41.2 Å². The molecule has 0 bridgehead atoms. The maximum atomic E-state index is 12.9. The van der Waals surface area contributed by atoms with Gasteiger partial charge in [0, 0.05) is 36.4 Å². The molecule has 5 N–H and O–H groups in total. The number of rotatable bonds is 7. The Morgan fingerprint density at radius 2 is 1.75 bits per heavy atom. The molecule has 1 heterocycles. The predicted octanol–water partition coefficient (Wildman–Crippen LogP) is 3.53. The van der Waals surface area contributed by atoms with Crippen LogP contribution in [0.5, 0.6) is 0 Å². The molecule has 36 heavy (non-hydrogen) atoms. The molecule has 0 spiro atoms. The van der Waals surface area contributed by atoms with Gasteiger partial charge < -0.3 is 15.5 Å². The highest BCUT2D eigenvalue weighted by atomic mass is 16.2. The van der Waals surface area contributed by atoms with Crippen molar-refractivity contribution in [2.45, 2.75) is 33.0 Å². The summed E-state index contributed by atoms with van der Waals surface area (Å²) in [7, 11) is 2.10. The molecule has 0 saturated heterocycles. The number of hydrogen-bond acceptors (Lipinski definition) is 5. The first kappa shape index (κ1) is 25.1. The lowest BCUT2D eigenvalue weighted by Crippen LogP contribution is -2.34. The third kappa shape index (κ3) is 6.35. The SMILES string of the molecule is CC(=N)N(N)Cc1ccc(C(=O)NCc2cccc(C(=O)Nc3ccc4c(c3)CN(C)CC4)c2)cc1. The zero-order valence-electron chi connectivity index (χ0n) is 20.7. The molecule has 0 radical (unpaired) electrons. The molecule has 0 aromatic heterocycles. The number of carbonyl (C=O) groups is 2. The van der Waals surface area contributed by atoms with E-state index in [9.17, 15) is 9.59 Å². The van der Waals surface area contributed by atoms with E-state index in [-0.39, 0.29) is 17.6 Å². The second-order valence-electron chi connectivity index (χ2n) is 9.22. The van der Waals surface area contributed by atoms with Crippen molar-refractivity contribution in [3.05, 3.63) is 100 Å². The maximum Gasteiger partial charge on any atom is 0.255 e.